The maximum atomic E-state index is 12.4. The van der Waals surface area contributed by atoms with Crippen molar-refractivity contribution in [2.45, 2.75) is 19.0 Å². The summed E-state index contributed by atoms with van der Waals surface area (Å²) in [6, 6.07) is 3.75. The summed E-state index contributed by atoms with van der Waals surface area (Å²) in [5.41, 5.74) is -0.325. The zero-order valence-electron chi connectivity index (χ0n) is 14.1. The third-order valence-corrected chi connectivity index (χ3v) is 4.17. The number of halogens is 3. The molecule has 7 nitrogen and oxygen atoms in total. The van der Waals surface area contributed by atoms with Crippen molar-refractivity contribution in [2.75, 3.05) is 33.4 Å². The van der Waals surface area contributed by atoms with E-state index in [0.717, 1.165) is 6.07 Å². The minimum Gasteiger partial charge on any atom is -0.490 e. The fourth-order valence-electron chi connectivity index (χ4n) is 2.80. The molecule has 0 aliphatic carbocycles. The Labute approximate surface area is 147 Å². The van der Waals surface area contributed by atoms with Crippen LogP contribution in [0.1, 0.15) is 23.2 Å². The highest BCUT2D eigenvalue weighted by Crippen LogP contribution is 2.28. The normalized spacial score (nSPS) is 16.3. The largest absolute Gasteiger partial charge is 0.490 e. The minimum absolute atomic E-state index is 0.0204. The summed E-state index contributed by atoms with van der Waals surface area (Å²) in [6.07, 6.45) is -3.24. The first-order valence-electron chi connectivity index (χ1n) is 7.98. The second kappa shape index (κ2) is 8.35. The highest BCUT2D eigenvalue weighted by atomic mass is 19.4. The molecular formula is C16H19F3N2O5. The maximum Gasteiger partial charge on any atom is 0.401 e. The number of carbonyl (C=O) groups is 1. The van der Waals surface area contributed by atoms with Crippen LogP contribution in [0.2, 0.25) is 0 Å². The van der Waals surface area contributed by atoms with Gasteiger partial charge in [0, 0.05) is 6.07 Å². The van der Waals surface area contributed by atoms with Crippen LogP contribution in [0.4, 0.5) is 18.9 Å². The van der Waals surface area contributed by atoms with Gasteiger partial charge in [0.15, 0.2) is 5.75 Å². The molecule has 0 atom stereocenters. The van der Waals surface area contributed by atoms with Gasteiger partial charge in [-0.05, 0) is 44.0 Å². The lowest BCUT2D eigenvalue weighted by Gasteiger charge is -2.31. The zero-order valence-corrected chi connectivity index (χ0v) is 14.1. The molecule has 1 saturated heterocycles. The van der Waals surface area contributed by atoms with Crippen molar-refractivity contribution < 1.29 is 32.4 Å². The van der Waals surface area contributed by atoms with Gasteiger partial charge in [-0.2, -0.15) is 13.2 Å². The quantitative estimate of drug-likeness (QED) is 0.431. The Kier molecular flexibility index (Phi) is 6.41. The fourth-order valence-corrected chi connectivity index (χ4v) is 2.80. The lowest BCUT2D eigenvalue weighted by molar-refractivity contribution is -0.385. The molecule has 1 aromatic carbocycles. The molecule has 1 fully saturated rings. The number of likely N-dealkylation sites (tertiary alicyclic amines) is 1. The van der Waals surface area contributed by atoms with Crippen LogP contribution in [0.3, 0.4) is 0 Å². The number of rotatable bonds is 6. The van der Waals surface area contributed by atoms with Crippen molar-refractivity contribution in [3.8, 4) is 5.75 Å². The number of piperidine rings is 1. The van der Waals surface area contributed by atoms with Gasteiger partial charge in [0.2, 0.25) is 0 Å². The number of methoxy groups -OCH3 is 1. The van der Waals surface area contributed by atoms with E-state index in [9.17, 15) is 28.1 Å². The summed E-state index contributed by atoms with van der Waals surface area (Å²) in [5, 5.41) is 11.0. The fraction of sp³-hybridized carbons (Fsp3) is 0.562. The summed E-state index contributed by atoms with van der Waals surface area (Å²) >= 11 is 0. The number of carbonyl (C=O) groups excluding carboxylic acids is 1. The number of nitro groups is 1. The smallest absolute Gasteiger partial charge is 0.401 e. The van der Waals surface area contributed by atoms with Gasteiger partial charge in [0.05, 0.1) is 30.7 Å². The highest BCUT2D eigenvalue weighted by molar-refractivity contribution is 5.90. The van der Waals surface area contributed by atoms with Crippen LogP contribution in [0, 0.1) is 16.0 Å². The summed E-state index contributed by atoms with van der Waals surface area (Å²) in [7, 11) is 1.28. The standard InChI is InChI=1S/C16H19F3N2O5/c1-25-14-3-2-12(8-13(14)21(23)24)15(22)26-9-11-4-6-20(7-5-11)10-16(17,18)19/h2-3,8,11H,4-7,9-10H2,1H3. The van der Waals surface area contributed by atoms with E-state index in [1.54, 1.807) is 0 Å². The van der Waals surface area contributed by atoms with Crippen molar-refractivity contribution in [1.29, 1.82) is 0 Å². The lowest BCUT2D eigenvalue weighted by atomic mass is 9.98. The molecule has 0 N–H and O–H groups in total. The van der Waals surface area contributed by atoms with Gasteiger partial charge in [-0.25, -0.2) is 4.79 Å². The van der Waals surface area contributed by atoms with Crippen molar-refractivity contribution in [1.82, 2.24) is 4.90 Å². The molecule has 26 heavy (non-hydrogen) atoms. The zero-order chi connectivity index (χ0) is 19.3. The van der Waals surface area contributed by atoms with Crippen LogP contribution in [0.25, 0.3) is 0 Å². The van der Waals surface area contributed by atoms with Gasteiger partial charge >= 0.3 is 17.8 Å². The Morgan fingerprint density at radius 3 is 2.54 bits per heavy atom. The van der Waals surface area contributed by atoms with E-state index in [1.807, 2.05) is 0 Å². The van der Waals surface area contributed by atoms with E-state index in [-0.39, 0.29) is 42.6 Å². The van der Waals surface area contributed by atoms with Gasteiger partial charge < -0.3 is 9.47 Å². The predicted molar refractivity (Wildman–Crippen MR) is 85.1 cm³/mol. The number of nitrogens with zero attached hydrogens (tertiary/aromatic N) is 2. The van der Waals surface area contributed by atoms with Gasteiger partial charge in [-0.15, -0.1) is 0 Å². The van der Waals surface area contributed by atoms with Crippen LogP contribution in [0.15, 0.2) is 18.2 Å². The van der Waals surface area contributed by atoms with Crippen molar-refractivity contribution >= 4 is 11.7 Å². The number of alkyl halides is 3. The number of esters is 1. The Morgan fingerprint density at radius 2 is 2.00 bits per heavy atom. The van der Waals surface area contributed by atoms with Crippen LogP contribution in [0.5, 0.6) is 5.75 Å². The molecule has 0 spiro atoms. The summed E-state index contributed by atoms with van der Waals surface area (Å²) in [5.74, 6) is -0.714. The number of benzene rings is 1. The molecule has 1 aliphatic rings. The van der Waals surface area contributed by atoms with Crippen LogP contribution < -0.4 is 4.74 Å². The average molecular weight is 376 g/mol. The van der Waals surface area contributed by atoms with Crippen LogP contribution in [-0.4, -0.2) is 55.3 Å². The summed E-state index contributed by atoms with van der Waals surface area (Å²) in [6.45, 7) is -0.293. The van der Waals surface area contributed by atoms with E-state index in [4.69, 9.17) is 9.47 Å². The first kappa shape index (κ1) is 20.0. The Hall–Kier alpha value is -2.36. The second-order valence-corrected chi connectivity index (χ2v) is 6.08. The number of hydrogen-bond acceptors (Lipinski definition) is 6. The number of hydrogen-bond donors (Lipinski definition) is 0. The van der Waals surface area contributed by atoms with E-state index < -0.39 is 23.6 Å². The van der Waals surface area contributed by atoms with E-state index in [1.165, 1.54) is 24.1 Å². The molecule has 0 radical (unpaired) electrons. The highest BCUT2D eigenvalue weighted by Gasteiger charge is 2.32. The minimum atomic E-state index is -4.22. The van der Waals surface area contributed by atoms with E-state index in [0.29, 0.717) is 12.8 Å². The van der Waals surface area contributed by atoms with Crippen molar-refractivity contribution in [3.05, 3.63) is 33.9 Å². The summed E-state index contributed by atoms with van der Waals surface area (Å²) < 4.78 is 47.1. The number of nitro benzene ring substituents is 1. The molecule has 0 amide bonds. The molecule has 0 saturated carbocycles. The lowest BCUT2D eigenvalue weighted by Crippen LogP contribution is -2.40. The van der Waals surface area contributed by atoms with Crippen molar-refractivity contribution in [2.24, 2.45) is 5.92 Å². The molecule has 10 heteroatoms. The molecule has 144 valence electrons. The number of ether oxygens (including phenoxy) is 2. The van der Waals surface area contributed by atoms with Gasteiger partial charge in [0.25, 0.3) is 0 Å². The molecule has 2 rings (SSSR count). The molecule has 0 bridgehead atoms. The van der Waals surface area contributed by atoms with E-state index >= 15 is 0 Å². The Morgan fingerprint density at radius 1 is 1.35 bits per heavy atom. The Balaban J connectivity index is 1.86. The second-order valence-electron chi connectivity index (χ2n) is 6.08. The summed E-state index contributed by atoms with van der Waals surface area (Å²) in [4.78, 5) is 23.7. The predicted octanol–water partition coefficient (Wildman–Crippen LogP) is 3.03. The van der Waals surface area contributed by atoms with Crippen LogP contribution >= 0.6 is 0 Å². The maximum absolute atomic E-state index is 12.4. The van der Waals surface area contributed by atoms with Crippen LogP contribution in [-0.2, 0) is 4.74 Å². The van der Waals surface area contributed by atoms with Gasteiger partial charge in [0.1, 0.15) is 0 Å². The van der Waals surface area contributed by atoms with E-state index in [2.05, 4.69) is 0 Å². The van der Waals surface area contributed by atoms with Gasteiger partial charge in [-0.3, -0.25) is 15.0 Å². The SMILES string of the molecule is COc1ccc(C(=O)OCC2CCN(CC(F)(F)F)CC2)cc1[N+](=O)[O-]. The molecule has 0 unspecified atom stereocenters. The first-order chi connectivity index (χ1) is 12.2. The van der Waals surface area contributed by atoms with Crippen molar-refractivity contribution in [3.63, 3.8) is 0 Å². The molecule has 0 aromatic heterocycles. The first-order valence-corrected chi connectivity index (χ1v) is 7.98. The molecule has 1 aliphatic heterocycles. The van der Waals surface area contributed by atoms with Gasteiger partial charge in [-0.1, -0.05) is 0 Å². The third kappa shape index (κ3) is 5.58. The monoisotopic (exact) mass is 376 g/mol. The molecule has 1 aromatic rings. The topological polar surface area (TPSA) is 81.9 Å². The molecular weight excluding hydrogens is 357 g/mol. The third-order valence-electron chi connectivity index (χ3n) is 4.17. The average Bonchev–Trinajstić information content (AvgIpc) is 2.58. The molecule has 1 heterocycles. The Bertz CT molecular complexity index is 658.